The fraction of sp³-hybridized carbons (Fsp3) is 0.257. The van der Waals surface area contributed by atoms with Crippen molar-refractivity contribution in [3.8, 4) is 0 Å². The molecule has 4 aromatic carbocycles. The first-order chi connectivity index (χ1) is 20.6. The topological polar surface area (TPSA) is 86.8 Å². The number of hydrogen-bond donors (Lipinski definition) is 1. The van der Waals surface area contributed by atoms with Gasteiger partial charge in [0.05, 0.1) is 10.6 Å². The summed E-state index contributed by atoms with van der Waals surface area (Å²) in [6.07, 6.45) is 0.271. The van der Waals surface area contributed by atoms with Crippen LogP contribution >= 0.6 is 0 Å². The molecule has 1 atom stereocenters. The minimum atomic E-state index is -4.13. The number of benzene rings is 4. The molecule has 0 unspecified atom stereocenters. The molecule has 2 amide bonds. The Morgan fingerprint density at radius 1 is 0.744 bits per heavy atom. The van der Waals surface area contributed by atoms with Crippen molar-refractivity contribution in [2.24, 2.45) is 0 Å². The zero-order valence-electron chi connectivity index (χ0n) is 25.1. The predicted molar refractivity (Wildman–Crippen MR) is 171 cm³/mol. The van der Waals surface area contributed by atoms with Gasteiger partial charge in [-0.1, -0.05) is 96.6 Å². The van der Waals surface area contributed by atoms with Crippen molar-refractivity contribution in [3.63, 3.8) is 0 Å². The van der Waals surface area contributed by atoms with Gasteiger partial charge in [0, 0.05) is 19.0 Å². The molecule has 0 heterocycles. The van der Waals surface area contributed by atoms with Gasteiger partial charge in [0.15, 0.2) is 0 Å². The SMILES string of the molecule is Cc1ccc(S(=O)(=O)N(CC(=O)N(Cc2ccccc2)[C@@H](Cc2ccccc2)C(=O)NC(C)C)c2ccccc2C)cc1. The largest absolute Gasteiger partial charge is 0.352 e. The second-order valence-corrected chi connectivity index (χ2v) is 12.8. The maximum Gasteiger partial charge on any atom is 0.264 e. The molecule has 0 radical (unpaired) electrons. The Hall–Kier alpha value is -4.43. The van der Waals surface area contributed by atoms with E-state index in [1.807, 2.05) is 100 Å². The van der Waals surface area contributed by atoms with Gasteiger partial charge in [-0.25, -0.2) is 8.42 Å². The molecule has 0 fully saturated rings. The summed E-state index contributed by atoms with van der Waals surface area (Å²) in [5.74, 6) is -0.783. The highest BCUT2D eigenvalue weighted by Gasteiger charge is 2.35. The average molecular weight is 598 g/mol. The minimum Gasteiger partial charge on any atom is -0.352 e. The van der Waals surface area contributed by atoms with E-state index in [0.29, 0.717) is 11.3 Å². The van der Waals surface area contributed by atoms with Crippen LogP contribution in [0, 0.1) is 13.8 Å². The minimum absolute atomic E-state index is 0.0853. The summed E-state index contributed by atoms with van der Waals surface area (Å²) in [5, 5.41) is 2.98. The van der Waals surface area contributed by atoms with E-state index in [0.717, 1.165) is 21.0 Å². The standard InChI is InChI=1S/C35H39N3O4S/c1-26(2)36-35(40)33(23-29-14-7-5-8-15-29)37(24-30-16-9-6-10-17-30)34(39)25-38(32-18-12-11-13-28(32)4)43(41,42)31-21-19-27(3)20-22-31/h5-22,26,33H,23-25H2,1-4H3,(H,36,40)/t33-/m0/s1. The molecule has 8 heteroatoms. The van der Waals surface area contributed by atoms with Crippen molar-refractivity contribution in [2.75, 3.05) is 10.8 Å². The van der Waals surface area contributed by atoms with Crippen LogP contribution in [0.25, 0.3) is 0 Å². The second kappa shape index (κ2) is 14.2. The van der Waals surface area contributed by atoms with Crippen molar-refractivity contribution in [3.05, 3.63) is 131 Å². The molecule has 0 aliphatic carbocycles. The Bertz CT molecular complexity index is 1620. The lowest BCUT2D eigenvalue weighted by molar-refractivity contribution is -0.140. The van der Waals surface area contributed by atoms with E-state index in [2.05, 4.69) is 5.32 Å². The van der Waals surface area contributed by atoms with Crippen LogP contribution in [0.1, 0.15) is 36.1 Å². The monoisotopic (exact) mass is 597 g/mol. The van der Waals surface area contributed by atoms with Crippen LogP contribution in [-0.2, 0) is 32.6 Å². The van der Waals surface area contributed by atoms with Crippen molar-refractivity contribution < 1.29 is 18.0 Å². The normalized spacial score (nSPS) is 12.0. The molecular formula is C35H39N3O4S. The lowest BCUT2D eigenvalue weighted by atomic mass is 10.0. The van der Waals surface area contributed by atoms with Crippen LogP contribution in [0.2, 0.25) is 0 Å². The highest BCUT2D eigenvalue weighted by Crippen LogP contribution is 2.28. The summed E-state index contributed by atoms with van der Waals surface area (Å²) in [6, 6.07) is 31.6. The first-order valence-corrected chi connectivity index (χ1v) is 15.8. The van der Waals surface area contributed by atoms with E-state index in [1.54, 1.807) is 36.4 Å². The van der Waals surface area contributed by atoms with Gasteiger partial charge in [-0.3, -0.25) is 13.9 Å². The average Bonchev–Trinajstić information content (AvgIpc) is 2.99. The number of nitrogens with one attached hydrogen (secondary N) is 1. The number of amides is 2. The number of nitrogens with zero attached hydrogens (tertiary/aromatic N) is 2. The van der Waals surface area contributed by atoms with Gasteiger partial charge >= 0.3 is 0 Å². The fourth-order valence-corrected chi connectivity index (χ4v) is 6.39. The molecule has 0 saturated heterocycles. The molecule has 0 aliphatic rings. The van der Waals surface area contributed by atoms with Crippen LogP contribution in [0.4, 0.5) is 5.69 Å². The van der Waals surface area contributed by atoms with Gasteiger partial charge in [0.25, 0.3) is 10.0 Å². The summed E-state index contributed by atoms with van der Waals surface area (Å²) in [4.78, 5) is 29.7. The number of aryl methyl sites for hydroxylation is 2. The fourth-order valence-electron chi connectivity index (χ4n) is 4.91. The van der Waals surface area contributed by atoms with Gasteiger partial charge < -0.3 is 10.2 Å². The summed E-state index contributed by atoms with van der Waals surface area (Å²) in [5.41, 5.74) is 3.75. The van der Waals surface area contributed by atoms with E-state index >= 15 is 0 Å². The quantitative estimate of drug-likeness (QED) is 0.228. The van der Waals surface area contributed by atoms with Crippen LogP contribution in [0.15, 0.2) is 114 Å². The summed E-state index contributed by atoms with van der Waals surface area (Å²) in [6.45, 7) is 7.09. The van der Waals surface area contributed by atoms with Crippen molar-refractivity contribution >= 4 is 27.5 Å². The number of sulfonamides is 1. The smallest absolute Gasteiger partial charge is 0.264 e. The third kappa shape index (κ3) is 8.11. The van der Waals surface area contributed by atoms with Crippen LogP contribution in [0.3, 0.4) is 0 Å². The highest BCUT2D eigenvalue weighted by molar-refractivity contribution is 7.92. The van der Waals surface area contributed by atoms with Crippen molar-refractivity contribution in [2.45, 2.75) is 57.6 Å². The third-order valence-corrected chi connectivity index (χ3v) is 8.94. The van der Waals surface area contributed by atoms with E-state index in [1.165, 1.54) is 4.90 Å². The van der Waals surface area contributed by atoms with Crippen molar-refractivity contribution in [1.82, 2.24) is 10.2 Å². The van der Waals surface area contributed by atoms with Gasteiger partial charge in [-0.15, -0.1) is 0 Å². The molecule has 43 heavy (non-hydrogen) atoms. The first-order valence-electron chi connectivity index (χ1n) is 14.4. The van der Waals surface area contributed by atoms with E-state index in [9.17, 15) is 18.0 Å². The van der Waals surface area contributed by atoms with E-state index in [4.69, 9.17) is 0 Å². The molecular weight excluding hydrogens is 558 g/mol. The Balaban J connectivity index is 1.80. The molecule has 7 nitrogen and oxygen atoms in total. The van der Waals surface area contributed by atoms with E-state index < -0.39 is 28.5 Å². The second-order valence-electron chi connectivity index (χ2n) is 11.0. The zero-order valence-corrected chi connectivity index (χ0v) is 25.9. The molecule has 0 saturated carbocycles. The van der Waals surface area contributed by atoms with Crippen LogP contribution < -0.4 is 9.62 Å². The molecule has 4 rings (SSSR count). The molecule has 0 bridgehead atoms. The van der Waals surface area contributed by atoms with Crippen molar-refractivity contribution in [1.29, 1.82) is 0 Å². The third-order valence-electron chi connectivity index (χ3n) is 7.17. The Labute approximate surface area is 255 Å². The number of anilines is 1. The van der Waals surface area contributed by atoms with E-state index in [-0.39, 0.29) is 29.8 Å². The number of para-hydroxylation sites is 1. The molecule has 0 aliphatic heterocycles. The Morgan fingerprint density at radius 2 is 1.30 bits per heavy atom. The van der Waals surface area contributed by atoms with Gasteiger partial charge in [0.2, 0.25) is 11.8 Å². The molecule has 1 N–H and O–H groups in total. The molecule has 224 valence electrons. The maximum absolute atomic E-state index is 14.4. The highest BCUT2D eigenvalue weighted by atomic mass is 32.2. The number of rotatable bonds is 12. The number of carbonyl (C=O) groups is 2. The molecule has 4 aromatic rings. The molecule has 0 aromatic heterocycles. The van der Waals surface area contributed by atoms with Crippen LogP contribution in [0.5, 0.6) is 0 Å². The summed E-state index contributed by atoms with van der Waals surface area (Å²) in [7, 11) is -4.13. The summed E-state index contributed by atoms with van der Waals surface area (Å²) >= 11 is 0. The zero-order chi connectivity index (χ0) is 31.0. The molecule has 0 spiro atoms. The van der Waals surface area contributed by atoms with Crippen LogP contribution in [-0.4, -0.2) is 43.8 Å². The maximum atomic E-state index is 14.4. The number of carbonyl (C=O) groups excluding carboxylic acids is 2. The predicted octanol–water partition coefficient (Wildman–Crippen LogP) is 5.66. The van der Waals surface area contributed by atoms with Gasteiger partial charge in [-0.2, -0.15) is 0 Å². The Kier molecular flexibility index (Phi) is 10.4. The lowest BCUT2D eigenvalue weighted by Gasteiger charge is -2.34. The first kappa shape index (κ1) is 31.5. The van der Waals surface area contributed by atoms with Gasteiger partial charge in [-0.05, 0) is 62.6 Å². The van der Waals surface area contributed by atoms with Gasteiger partial charge in [0.1, 0.15) is 12.6 Å². The Morgan fingerprint density at radius 3 is 1.88 bits per heavy atom. The summed E-state index contributed by atoms with van der Waals surface area (Å²) < 4.78 is 29.4. The number of hydrogen-bond acceptors (Lipinski definition) is 4. The lowest BCUT2D eigenvalue weighted by Crippen LogP contribution is -2.54.